The summed E-state index contributed by atoms with van der Waals surface area (Å²) in [5.41, 5.74) is 0. The first-order chi connectivity index (χ1) is 6.15. The van der Waals surface area contributed by atoms with Crippen molar-refractivity contribution < 1.29 is 0 Å². The van der Waals surface area contributed by atoms with Crippen LogP contribution in [0.3, 0.4) is 0 Å². The average molecular weight is 184 g/mol. The quantitative estimate of drug-likeness (QED) is 0.482. The Morgan fingerprint density at radius 2 is 0.769 bits per heavy atom. The van der Waals surface area contributed by atoms with Gasteiger partial charge in [-0.25, -0.2) is 0 Å². The molecule has 0 nitrogen and oxygen atoms in total. The summed E-state index contributed by atoms with van der Waals surface area (Å²) in [7, 11) is 0. The number of rotatable bonds is 0. The molecule has 0 saturated carbocycles. The van der Waals surface area contributed by atoms with Crippen molar-refractivity contribution in [2.45, 2.75) is 54.9 Å². The average Bonchev–Trinajstić information content (AvgIpc) is 2.14. The summed E-state index contributed by atoms with van der Waals surface area (Å²) in [6, 6.07) is 0. The van der Waals surface area contributed by atoms with Gasteiger partial charge in [-0.15, -0.1) is 25.7 Å². The van der Waals surface area contributed by atoms with Crippen molar-refractivity contribution in [1.82, 2.24) is 0 Å². The van der Waals surface area contributed by atoms with E-state index in [0.717, 1.165) is 5.92 Å². The molecule has 0 heterocycles. The third-order valence-corrected chi connectivity index (χ3v) is 0. The van der Waals surface area contributed by atoms with E-state index in [4.69, 9.17) is 0 Å². The minimum atomic E-state index is 0.833. The second-order valence-corrected chi connectivity index (χ2v) is 2.44. The van der Waals surface area contributed by atoms with Gasteiger partial charge in [0.25, 0.3) is 0 Å². The second kappa shape index (κ2) is 117. The fourth-order valence-electron chi connectivity index (χ4n) is 0. The van der Waals surface area contributed by atoms with Gasteiger partial charge < -0.3 is 0 Å². The van der Waals surface area contributed by atoms with E-state index in [-0.39, 0.29) is 0 Å². The lowest BCUT2D eigenvalue weighted by molar-refractivity contribution is 0.737. The summed E-state index contributed by atoms with van der Waals surface area (Å²) < 4.78 is 0. The van der Waals surface area contributed by atoms with Gasteiger partial charge in [-0.2, -0.15) is 0 Å². The van der Waals surface area contributed by atoms with Crippen LogP contribution < -0.4 is 0 Å². The number of terminal acetylenes is 2. The Bertz CT molecular complexity index is 46.2. The summed E-state index contributed by atoms with van der Waals surface area (Å²) >= 11 is 0. The van der Waals surface area contributed by atoms with Crippen LogP contribution in [0.25, 0.3) is 0 Å². The third-order valence-electron chi connectivity index (χ3n) is 0. The van der Waals surface area contributed by atoms with Crippen molar-refractivity contribution in [1.29, 1.82) is 0 Å². The summed E-state index contributed by atoms with van der Waals surface area (Å²) in [4.78, 5) is 0. The molecule has 0 rings (SSSR count). The fourth-order valence-corrected chi connectivity index (χ4v) is 0. The molecule has 0 unspecified atom stereocenters. The first kappa shape index (κ1) is 29.6. The number of hydrogen-bond acceptors (Lipinski definition) is 0. The predicted octanol–water partition coefficient (Wildman–Crippen LogP) is 4.60. The molecule has 0 aliphatic carbocycles. The molecule has 0 saturated heterocycles. The first-order valence-corrected chi connectivity index (χ1v) is 4.81. The molecule has 0 aromatic heterocycles. The molecule has 0 bridgehead atoms. The lowest BCUT2D eigenvalue weighted by Gasteiger charge is -1.79. The van der Waals surface area contributed by atoms with E-state index in [9.17, 15) is 0 Å². The molecule has 0 aromatic rings. The molecule has 0 aliphatic heterocycles. The van der Waals surface area contributed by atoms with Crippen LogP contribution in [0.1, 0.15) is 54.9 Å². The Morgan fingerprint density at radius 3 is 0.769 bits per heavy atom. The lowest BCUT2D eigenvalue weighted by Crippen LogP contribution is -1.66. The van der Waals surface area contributed by atoms with Crippen LogP contribution in [0.2, 0.25) is 0 Å². The molecule has 0 aliphatic rings. The second-order valence-electron chi connectivity index (χ2n) is 2.44. The summed E-state index contributed by atoms with van der Waals surface area (Å²) in [5, 5.41) is 0. The van der Waals surface area contributed by atoms with Crippen molar-refractivity contribution in [3.63, 3.8) is 0 Å². The van der Waals surface area contributed by atoms with Crippen molar-refractivity contribution >= 4 is 0 Å². The Hall–Kier alpha value is -0.880. The monoisotopic (exact) mass is 184 g/mol. The molecule has 0 heteroatoms. The van der Waals surface area contributed by atoms with Crippen LogP contribution in [-0.2, 0) is 0 Å². The fraction of sp³-hybridized carbons (Fsp3) is 0.692. The molecule has 0 spiro atoms. The maximum atomic E-state index is 4.00. The largest absolute Gasteiger partial charge is 0.124 e. The third kappa shape index (κ3) is 1190. The summed E-state index contributed by atoms with van der Waals surface area (Å²) in [6.45, 7) is 14.7. The Balaban J connectivity index is -0.0000000215. The van der Waals surface area contributed by atoms with Gasteiger partial charge in [0, 0.05) is 0 Å². The van der Waals surface area contributed by atoms with Crippen molar-refractivity contribution in [2.24, 2.45) is 5.92 Å². The maximum Gasteiger partial charge on any atom is -0.0500 e. The molecule has 0 amide bonds. The zero-order valence-corrected chi connectivity index (χ0v) is 10.6. The molecule has 0 N–H and O–H groups in total. The molecule has 0 radical (unpaired) electrons. The summed E-state index contributed by atoms with van der Waals surface area (Å²) in [5.74, 6) is 0.833. The zero-order valence-electron chi connectivity index (χ0n) is 10.6. The van der Waals surface area contributed by atoms with E-state index < -0.39 is 0 Å². The van der Waals surface area contributed by atoms with Gasteiger partial charge in [-0.05, 0) is 5.92 Å². The maximum absolute atomic E-state index is 4.00. The van der Waals surface area contributed by atoms with Crippen LogP contribution in [0.5, 0.6) is 0 Å². The van der Waals surface area contributed by atoms with Gasteiger partial charge in [0.05, 0.1) is 0 Å². The molecule has 0 aromatic carbocycles. The van der Waals surface area contributed by atoms with Crippen molar-refractivity contribution in [3.8, 4) is 25.7 Å². The van der Waals surface area contributed by atoms with E-state index in [0.29, 0.717) is 0 Å². The molecular formula is C13H28. The highest BCUT2D eigenvalue weighted by Gasteiger charge is 1.68. The van der Waals surface area contributed by atoms with E-state index >= 15 is 0 Å². The van der Waals surface area contributed by atoms with E-state index in [1.807, 2.05) is 13.8 Å². The van der Waals surface area contributed by atoms with E-state index in [1.54, 1.807) is 0 Å². The van der Waals surface area contributed by atoms with E-state index in [1.165, 1.54) is 6.42 Å². The summed E-state index contributed by atoms with van der Waals surface area (Å²) in [6.07, 6.45) is 17.2. The molecule has 13 heavy (non-hydrogen) atoms. The standard InChI is InChI=1S/C4H10.C3H8.C2H6.2C2H2/c1-4(2)3;1-3-2;3*1-2/h4H,1-3H3;3H2,1-2H3;1-2H3;2*1-2H. The number of hydrogen-bond donors (Lipinski definition) is 0. The Morgan fingerprint density at radius 1 is 0.769 bits per heavy atom. The molecular weight excluding hydrogens is 156 g/mol. The van der Waals surface area contributed by atoms with Crippen LogP contribution >= 0.6 is 0 Å². The minimum absolute atomic E-state index is 0.833. The minimum Gasteiger partial charge on any atom is -0.124 e. The van der Waals surface area contributed by atoms with Crippen LogP contribution in [0, 0.1) is 31.6 Å². The highest BCUT2D eigenvalue weighted by Crippen LogP contribution is 1.81. The Labute approximate surface area is 87.1 Å². The predicted molar refractivity (Wildman–Crippen MR) is 67.6 cm³/mol. The Kier molecular flexibility index (Phi) is 266. The molecule has 0 atom stereocenters. The molecule has 80 valence electrons. The lowest BCUT2D eigenvalue weighted by atomic mass is 10.3. The van der Waals surface area contributed by atoms with Crippen molar-refractivity contribution in [2.75, 3.05) is 0 Å². The van der Waals surface area contributed by atoms with Gasteiger partial charge in [0.1, 0.15) is 0 Å². The van der Waals surface area contributed by atoms with Crippen LogP contribution in [-0.4, -0.2) is 0 Å². The normalized spacial score (nSPS) is 4.92. The zero-order chi connectivity index (χ0) is 12.3. The highest BCUT2D eigenvalue weighted by molar-refractivity contribution is 4.47. The van der Waals surface area contributed by atoms with Crippen LogP contribution in [0.4, 0.5) is 0 Å². The van der Waals surface area contributed by atoms with Gasteiger partial charge in [0.15, 0.2) is 0 Å². The van der Waals surface area contributed by atoms with Gasteiger partial charge in [-0.1, -0.05) is 54.9 Å². The van der Waals surface area contributed by atoms with Gasteiger partial charge >= 0.3 is 0 Å². The topological polar surface area (TPSA) is 0 Å². The van der Waals surface area contributed by atoms with Crippen molar-refractivity contribution in [3.05, 3.63) is 0 Å². The first-order valence-electron chi connectivity index (χ1n) is 4.81. The smallest absolute Gasteiger partial charge is 0.0500 e. The SMILES string of the molecule is C#C.C#C.CC.CC(C)C.CCC. The molecule has 0 fully saturated rings. The van der Waals surface area contributed by atoms with E-state index in [2.05, 4.69) is 60.3 Å². The highest BCUT2D eigenvalue weighted by atomic mass is 13.7. The van der Waals surface area contributed by atoms with Crippen LogP contribution in [0.15, 0.2) is 0 Å². The van der Waals surface area contributed by atoms with Gasteiger partial charge in [0.2, 0.25) is 0 Å². The van der Waals surface area contributed by atoms with Gasteiger partial charge in [-0.3, -0.25) is 0 Å².